The van der Waals surface area contributed by atoms with Crippen LogP contribution in [0.4, 0.5) is 0 Å². The van der Waals surface area contributed by atoms with Crippen LogP contribution in [-0.4, -0.2) is 30.1 Å². The number of H-pyrrole nitrogens is 1. The fourth-order valence-electron chi connectivity index (χ4n) is 4.64. The van der Waals surface area contributed by atoms with Crippen molar-refractivity contribution in [2.75, 3.05) is 0 Å². The molecule has 0 saturated carbocycles. The molecule has 0 spiro atoms. The Kier molecular flexibility index (Phi) is 6.76. The molecule has 2 aromatic carbocycles. The average molecular weight is 497 g/mol. The number of aromatic nitrogens is 5. The Morgan fingerprint density at radius 3 is 2.59 bits per heavy atom. The minimum Gasteiger partial charge on any atom is -0.468 e. The summed E-state index contributed by atoms with van der Waals surface area (Å²) >= 11 is 0. The van der Waals surface area contributed by atoms with Gasteiger partial charge in [0.15, 0.2) is 5.82 Å². The summed E-state index contributed by atoms with van der Waals surface area (Å²) < 4.78 is 7.61. The van der Waals surface area contributed by atoms with Gasteiger partial charge in [-0.1, -0.05) is 49.4 Å². The van der Waals surface area contributed by atoms with Crippen molar-refractivity contribution in [2.24, 2.45) is 0 Å². The maximum absolute atomic E-state index is 13.7. The lowest BCUT2D eigenvalue weighted by Crippen LogP contribution is -2.38. The average Bonchev–Trinajstić information content (AvgIpc) is 3.58. The van der Waals surface area contributed by atoms with E-state index in [1.165, 1.54) is 0 Å². The van der Waals surface area contributed by atoms with Gasteiger partial charge in [-0.25, -0.2) is 4.68 Å². The Morgan fingerprint density at radius 2 is 1.86 bits per heavy atom. The van der Waals surface area contributed by atoms with Crippen LogP contribution in [0.1, 0.15) is 61.5 Å². The molecule has 8 nitrogen and oxygen atoms in total. The van der Waals surface area contributed by atoms with E-state index in [0.29, 0.717) is 24.5 Å². The van der Waals surface area contributed by atoms with Crippen LogP contribution in [0.5, 0.6) is 0 Å². The van der Waals surface area contributed by atoms with Gasteiger partial charge in [0.05, 0.1) is 18.3 Å². The molecule has 5 aromatic rings. The fourth-order valence-corrected chi connectivity index (χ4v) is 4.64. The molecule has 0 aliphatic rings. The van der Waals surface area contributed by atoms with Crippen LogP contribution in [-0.2, 0) is 18.6 Å². The molecular formula is C29H32N6O2. The van der Waals surface area contributed by atoms with E-state index in [2.05, 4.69) is 58.3 Å². The Morgan fingerprint density at radius 1 is 1.05 bits per heavy atom. The van der Waals surface area contributed by atoms with Gasteiger partial charge in [0.25, 0.3) is 5.56 Å². The maximum Gasteiger partial charge on any atom is 0.253 e. The summed E-state index contributed by atoms with van der Waals surface area (Å²) in [5.41, 5.74) is 3.08. The van der Waals surface area contributed by atoms with Crippen molar-refractivity contribution in [2.45, 2.75) is 58.8 Å². The van der Waals surface area contributed by atoms with Crippen molar-refractivity contribution in [3.05, 3.63) is 112 Å². The Balaban J connectivity index is 1.73. The van der Waals surface area contributed by atoms with Gasteiger partial charge < -0.3 is 9.40 Å². The smallest absolute Gasteiger partial charge is 0.253 e. The number of nitrogens with one attached hydrogen (secondary N) is 1. The molecule has 0 aliphatic heterocycles. The number of hydrogen-bond acceptors (Lipinski definition) is 6. The van der Waals surface area contributed by atoms with Gasteiger partial charge in [-0.3, -0.25) is 9.69 Å². The Bertz CT molecular complexity index is 1540. The second kappa shape index (κ2) is 10.1. The second-order valence-corrected chi connectivity index (χ2v) is 10.1. The second-order valence-electron chi connectivity index (χ2n) is 10.1. The van der Waals surface area contributed by atoms with Crippen molar-refractivity contribution in [3.63, 3.8) is 0 Å². The van der Waals surface area contributed by atoms with Gasteiger partial charge in [-0.05, 0) is 78.4 Å². The van der Waals surface area contributed by atoms with E-state index in [-0.39, 0.29) is 11.1 Å². The van der Waals surface area contributed by atoms with Gasteiger partial charge in [0.1, 0.15) is 11.8 Å². The largest absolute Gasteiger partial charge is 0.468 e. The topological polar surface area (TPSA) is 92.8 Å². The number of hydrogen-bond donors (Lipinski definition) is 1. The Labute approximate surface area is 215 Å². The summed E-state index contributed by atoms with van der Waals surface area (Å²) in [7, 11) is 0. The summed E-state index contributed by atoms with van der Waals surface area (Å²) in [5.74, 6) is 1.41. The number of pyridine rings is 1. The standard InChI is InChI=1S/C29H32N6O2/c1-5-29(3,4)35-27(31-32-33-35)26(24-17-22-14-13-20(2)16-25(22)30-28(24)36)34(19-23-12-9-15-37-23)18-21-10-7-6-8-11-21/h6-17,26H,5,18-19H2,1-4H3,(H,30,36)/t26-/m0/s1. The van der Waals surface area contributed by atoms with Crippen molar-refractivity contribution in [1.82, 2.24) is 30.1 Å². The first-order valence-electron chi connectivity index (χ1n) is 12.6. The summed E-state index contributed by atoms with van der Waals surface area (Å²) in [4.78, 5) is 19.0. The van der Waals surface area contributed by atoms with Gasteiger partial charge in [-0.15, -0.1) is 5.10 Å². The molecule has 0 unspecified atom stereocenters. The highest BCUT2D eigenvalue weighted by molar-refractivity contribution is 5.79. The van der Waals surface area contributed by atoms with E-state index in [0.717, 1.165) is 34.2 Å². The minimum atomic E-state index is -0.527. The molecule has 0 aliphatic carbocycles. The molecule has 1 N–H and O–H groups in total. The van der Waals surface area contributed by atoms with Crippen molar-refractivity contribution >= 4 is 10.9 Å². The van der Waals surface area contributed by atoms with Crippen LogP contribution < -0.4 is 5.56 Å². The molecule has 8 heteroatoms. The summed E-state index contributed by atoms with van der Waals surface area (Å²) in [6, 6.07) is 21.5. The zero-order valence-electron chi connectivity index (χ0n) is 21.7. The van der Waals surface area contributed by atoms with E-state index in [4.69, 9.17) is 4.42 Å². The zero-order chi connectivity index (χ0) is 26.0. The lowest BCUT2D eigenvalue weighted by molar-refractivity contribution is 0.168. The van der Waals surface area contributed by atoms with E-state index in [9.17, 15) is 4.79 Å². The van der Waals surface area contributed by atoms with Gasteiger partial charge in [0, 0.05) is 17.6 Å². The highest BCUT2D eigenvalue weighted by Crippen LogP contribution is 2.33. The van der Waals surface area contributed by atoms with Gasteiger partial charge in [-0.2, -0.15) is 0 Å². The third-order valence-electron chi connectivity index (χ3n) is 7.03. The molecule has 37 heavy (non-hydrogen) atoms. The minimum absolute atomic E-state index is 0.163. The number of fused-ring (bicyclic) bond motifs is 1. The molecule has 0 saturated heterocycles. The number of furan rings is 1. The lowest BCUT2D eigenvalue weighted by atomic mass is 9.98. The first kappa shape index (κ1) is 24.6. The molecule has 0 bridgehead atoms. The molecule has 1 atom stereocenters. The van der Waals surface area contributed by atoms with E-state index >= 15 is 0 Å². The third kappa shape index (κ3) is 5.11. The van der Waals surface area contributed by atoms with Gasteiger partial charge in [0.2, 0.25) is 0 Å². The van der Waals surface area contributed by atoms with Crippen LogP contribution in [0.25, 0.3) is 10.9 Å². The number of tetrazole rings is 1. The molecule has 0 amide bonds. The molecule has 190 valence electrons. The zero-order valence-corrected chi connectivity index (χ0v) is 21.7. The van der Waals surface area contributed by atoms with Crippen LogP contribution in [0.15, 0.2) is 82.2 Å². The number of aryl methyl sites for hydroxylation is 1. The van der Waals surface area contributed by atoms with Crippen molar-refractivity contribution in [1.29, 1.82) is 0 Å². The number of rotatable bonds is 9. The van der Waals surface area contributed by atoms with E-state index in [1.807, 2.05) is 66.2 Å². The van der Waals surface area contributed by atoms with Crippen molar-refractivity contribution < 1.29 is 4.42 Å². The summed E-state index contributed by atoms with van der Waals surface area (Å²) in [5, 5.41) is 13.9. The molecule has 0 radical (unpaired) electrons. The maximum atomic E-state index is 13.7. The number of aromatic amines is 1. The van der Waals surface area contributed by atoms with Crippen LogP contribution >= 0.6 is 0 Å². The normalized spacial score (nSPS) is 12.9. The van der Waals surface area contributed by atoms with Crippen LogP contribution in [0.3, 0.4) is 0 Å². The SMILES string of the molecule is CCC(C)(C)n1nnnc1[C@H](c1cc2ccc(C)cc2[nH]c1=O)N(Cc1ccccc1)Cc1ccco1. The molecule has 3 heterocycles. The summed E-state index contributed by atoms with van der Waals surface area (Å²) in [6.07, 6.45) is 2.49. The predicted molar refractivity (Wildman–Crippen MR) is 143 cm³/mol. The predicted octanol–water partition coefficient (Wildman–Crippen LogP) is 5.35. The first-order chi connectivity index (χ1) is 17.9. The van der Waals surface area contributed by atoms with Crippen LogP contribution in [0, 0.1) is 6.92 Å². The Hall–Kier alpha value is -4.04. The van der Waals surface area contributed by atoms with Crippen LogP contribution in [0.2, 0.25) is 0 Å². The molecule has 0 fully saturated rings. The molecule has 3 aromatic heterocycles. The quantitative estimate of drug-likeness (QED) is 0.296. The summed E-state index contributed by atoms with van der Waals surface area (Å²) in [6.45, 7) is 9.36. The van der Waals surface area contributed by atoms with E-state index < -0.39 is 6.04 Å². The number of nitrogens with zero attached hydrogens (tertiary/aromatic N) is 5. The molecular weight excluding hydrogens is 464 g/mol. The first-order valence-corrected chi connectivity index (χ1v) is 12.6. The highest BCUT2D eigenvalue weighted by Gasteiger charge is 2.34. The third-order valence-corrected chi connectivity index (χ3v) is 7.03. The fraction of sp³-hybridized carbons (Fsp3) is 0.310. The van der Waals surface area contributed by atoms with E-state index in [1.54, 1.807) is 6.26 Å². The van der Waals surface area contributed by atoms with Crippen molar-refractivity contribution in [3.8, 4) is 0 Å². The molecule has 5 rings (SSSR count). The van der Waals surface area contributed by atoms with Gasteiger partial charge >= 0.3 is 0 Å². The highest BCUT2D eigenvalue weighted by atomic mass is 16.3. The number of benzene rings is 2. The lowest BCUT2D eigenvalue weighted by Gasteiger charge is -2.33. The monoisotopic (exact) mass is 496 g/mol.